The number of rotatable bonds is 1. The summed E-state index contributed by atoms with van der Waals surface area (Å²) in [4.78, 5) is 0. The van der Waals surface area contributed by atoms with Gasteiger partial charge in [-0.2, -0.15) is 0 Å². The van der Waals surface area contributed by atoms with Gasteiger partial charge in [0.25, 0.3) is 0 Å². The van der Waals surface area contributed by atoms with E-state index in [1.54, 1.807) is 6.07 Å². The molecule has 0 aliphatic carbocycles. The van der Waals surface area contributed by atoms with Crippen molar-refractivity contribution < 1.29 is 20.4 Å². The molecule has 0 saturated carbocycles. The molecule has 0 fully saturated rings. The van der Waals surface area contributed by atoms with Crippen molar-refractivity contribution in [2.75, 3.05) is 0 Å². The maximum Gasteiger partial charge on any atom is 0.127 e. The fraction of sp³-hybridized carbons (Fsp3) is 0.524. The smallest absolute Gasteiger partial charge is 0.127 e. The van der Waals surface area contributed by atoms with Crippen molar-refractivity contribution in [2.24, 2.45) is 0 Å². The first-order chi connectivity index (χ1) is 29.9. The topological polar surface area (TPSA) is 80.9 Å². The van der Waals surface area contributed by atoms with E-state index in [-0.39, 0.29) is 43.3 Å². The maximum atomic E-state index is 11.4. The lowest BCUT2D eigenvalue weighted by Gasteiger charge is -2.30. The third-order valence-electron chi connectivity index (χ3n) is 12.1. The zero-order chi connectivity index (χ0) is 52.3. The van der Waals surface area contributed by atoms with Crippen molar-refractivity contribution in [1.82, 2.24) is 0 Å². The van der Waals surface area contributed by atoms with E-state index < -0.39 is 0 Å². The van der Waals surface area contributed by atoms with Crippen LogP contribution in [0.4, 0.5) is 0 Å². The van der Waals surface area contributed by atoms with Crippen LogP contribution in [0.25, 0.3) is 11.1 Å². The molecular formula is C63H94O4. The molecule has 370 valence electrons. The Morgan fingerprint density at radius 3 is 0.955 bits per heavy atom. The number of hydrogen-bond acceptors (Lipinski definition) is 4. The molecule has 0 unspecified atom stereocenters. The Morgan fingerprint density at radius 1 is 0.284 bits per heavy atom. The van der Waals surface area contributed by atoms with Crippen molar-refractivity contribution in [3.8, 4) is 34.1 Å². The molecule has 67 heavy (non-hydrogen) atoms. The number of phenolic OH excluding ortho intramolecular Hbond substituents is 4. The summed E-state index contributed by atoms with van der Waals surface area (Å²) in [5.41, 5.74) is 10.9. The van der Waals surface area contributed by atoms with Crippen LogP contribution in [0.5, 0.6) is 23.0 Å². The highest BCUT2D eigenvalue weighted by Crippen LogP contribution is 2.47. The molecule has 0 bridgehead atoms. The van der Waals surface area contributed by atoms with Crippen LogP contribution < -0.4 is 0 Å². The zero-order valence-electron chi connectivity index (χ0n) is 46.9. The van der Waals surface area contributed by atoms with Crippen molar-refractivity contribution in [3.05, 3.63) is 141 Å². The number of para-hydroxylation sites is 1. The summed E-state index contributed by atoms with van der Waals surface area (Å²) in [7, 11) is 0. The molecule has 5 rings (SSSR count). The molecule has 0 amide bonds. The van der Waals surface area contributed by atoms with Crippen LogP contribution in [0.15, 0.2) is 91.0 Å². The lowest BCUT2D eigenvalue weighted by Crippen LogP contribution is -2.18. The van der Waals surface area contributed by atoms with Gasteiger partial charge in [0, 0.05) is 22.3 Å². The van der Waals surface area contributed by atoms with Crippen LogP contribution in [-0.2, 0) is 43.3 Å². The van der Waals surface area contributed by atoms with Gasteiger partial charge >= 0.3 is 0 Å². The second-order valence-corrected chi connectivity index (χ2v) is 26.9. The number of benzene rings is 5. The predicted molar refractivity (Wildman–Crippen MR) is 292 cm³/mol. The summed E-state index contributed by atoms with van der Waals surface area (Å²) < 4.78 is 0. The quantitative estimate of drug-likeness (QED) is 0.135. The molecule has 0 atom stereocenters. The van der Waals surface area contributed by atoms with E-state index in [4.69, 9.17) is 0 Å². The van der Waals surface area contributed by atoms with Crippen LogP contribution >= 0.6 is 0 Å². The van der Waals surface area contributed by atoms with Crippen molar-refractivity contribution >= 4 is 0 Å². The third kappa shape index (κ3) is 16.5. The monoisotopic (exact) mass is 915 g/mol. The summed E-state index contributed by atoms with van der Waals surface area (Å²) >= 11 is 0. The average Bonchev–Trinajstić information content (AvgIpc) is 3.12. The zero-order valence-corrected chi connectivity index (χ0v) is 46.9. The lowest BCUT2D eigenvalue weighted by atomic mass is 9.75. The molecule has 0 aromatic heterocycles. The van der Waals surface area contributed by atoms with Crippen LogP contribution in [0.3, 0.4) is 0 Å². The normalized spacial score (nSPS) is 12.8. The van der Waals surface area contributed by atoms with Crippen LogP contribution in [0, 0.1) is 6.92 Å². The molecule has 0 spiro atoms. The van der Waals surface area contributed by atoms with Gasteiger partial charge in [-0.3, -0.25) is 0 Å². The van der Waals surface area contributed by atoms with E-state index in [1.807, 2.05) is 42.5 Å². The van der Waals surface area contributed by atoms with Crippen LogP contribution in [0.1, 0.15) is 216 Å². The minimum atomic E-state index is -0.218. The Bertz CT molecular complexity index is 2310. The fourth-order valence-corrected chi connectivity index (χ4v) is 7.68. The summed E-state index contributed by atoms with van der Waals surface area (Å²) in [6, 6.07) is 30.6. The van der Waals surface area contributed by atoms with Gasteiger partial charge in [0.05, 0.1) is 0 Å². The number of hydrogen-bond donors (Lipinski definition) is 4. The molecular weight excluding hydrogens is 821 g/mol. The van der Waals surface area contributed by atoms with E-state index in [0.29, 0.717) is 23.0 Å². The van der Waals surface area contributed by atoms with Gasteiger partial charge in [0.15, 0.2) is 0 Å². The molecule has 0 aliphatic heterocycles. The van der Waals surface area contributed by atoms with Gasteiger partial charge in [-0.15, -0.1) is 0 Å². The maximum absolute atomic E-state index is 11.4. The number of aryl methyl sites for hydroxylation is 1. The van der Waals surface area contributed by atoms with E-state index in [9.17, 15) is 20.4 Å². The second kappa shape index (κ2) is 20.9. The first-order valence-electron chi connectivity index (χ1n) is 24.3. The molecule has 4 nitrogen and oxygen atoms in total. The minimum absolute atomic E-state index is 0.00859. The molecule has 0 heterocycles. The van der Waals surface area contributed by atoms with E-state index in [0.717, 1.165) is 44.5 Å². The fourth-order valence-electron chi connectivity index (χ4n) is 7.68. The van der Waals surface area contributed by atoms with E-state index in [1.165, 1.54) is 16.7 Å². The Morgan fingerprint density at radius 2 is 0.627 bits per heavy atom. The standard InChI is InChI=1S/C28H42O2.2C14H22O.C7H8/c1-25(2,3)18-15-19(23(29)22(16-18)28(10,11)12)17-13-20(26(4,5)6)24(30)21(14-17)27(7,8)9;1-13(2,3)10-7-8-12(15)11(9-10)14(4,5)6;1-13(2,3)10-8-7-9-11(12(10)15)14(4,5)6;1-7-5-3-2-4-6-7/h13-16,29-30H,1-12H3;2*7-9,15H,1-6H3;2-6H,1H3. The van der Waals surface area contributed by atoms with Crippen molar-refractivity contribution in [3.63, 3.8) is 0 Å². The second-order valence-electron chi connectivity index (χ2n) is 26.9. The lowest BCUT2D eigenvalue weighted by molar-refractivity contribution is 0.422. The minimum Gasteiger partial charge on any atom is -0.508 e. The Balaban J connectivity index is 0.000000347. The average molecular weight is 915 g/mol. The Labute approximate surface area is 410 Å². The highest BCUT2D eigenvalue weighted by molar-refractivity contribution is 5.77. The number of aromatic hydroxyl groups is 4. The SMILES string of the molecule is CC(C)(C)c1cc(-c2cc(C(C)(C)C)c(O)c(C(C)(C)C)c2)c(O)c(C(C)(C)C)c1.CC(C)(C)c1ccc(O)c(C(C)(C)C)c1.CC(C)(C)c1cccc(C(C)(C)C)c1O.Cc1ccccc1. The van der Waals surface area contributed by atoms with Gasteiger partial charge in [0.1, 0.15) is 23.0 Å². The summed E-state index contributed by atoms with van der Waals surface area (Å²) in [6.07, 6.45) is 0. The van der Waals surface area contributed by atoms with E-state index >= 15 is 0 Å². The molecule has 4 heteroatoms. The predicted octanol–water partition coefficient (Wildman–Crippen LogP) is 17.9. The number of phenols is 4. The van der Waals surface area contributed by atoms with Gasteiger partial charge in [-0.05, 0) is 108 Å². The van der Waals surface area contributed by atoms with E-state index in [2.05, 4.69) is 216 Å². The molecule has 0 aliphatic rings. The summed E-state index contributed by atoms with van der Waals surface area (Å²) in [5, 5.41) is 42.6. The van der Waals surface area contributed by atoms with Gasteiger partial charge < -0.3 is 20.4 Å². The highest BCUT2D eigenvalue weighted by Gasteiger charge is 2.31. The van der Waals surface area contributed by atoms with Crippen molar-refractivity contribution in [2.45, 2.75) is 216 Å². The molecule has 5 aromatic carbocycles. The largest absolute Gasteiger partial charge is 0.508 e. The van der Waals surface area contributed by atoms with Gasteiger partial charge in [0.2, 0.25) is 0 Å². The Hall–Kier alpha value is -4.70. The summed E-state index contributed by atoms with van der Waals surface area (Å²) in [5.74, 6) is 1.55. The third-order valence-corrected chi connectivity index (χ3v) is 12.1. The van der Waals surface area contributed by atoms with Crippen LogP contribution in [-0.4, -0.2) is 20.4 Å². The summed E-state index contributed by atoms with van der Waals surface area (Å²) in [6.45, 7) is 53.4. The van der Waals surface area contributed by atoms with Gasteiger partial charge in [-0.1, -0.05) is 238 Å². The first-order valence-corrected chi connectivity index (χ1v) is 24.3. The first kappa shape index (κ1) is 58.4. The molecule has 5 aromatic rings. The van der Waals surface area contributed by atoms with Crippen LogP contribution in [0.2, 0.25) is 0 Å². The van der Waals surface area contributed by atoms with Gasteiger partial charge in [-0.25, -0.2) is 0 Å². The molecule has 0 saturated heterocycles. The molecule has 4 N–H and O–H groups in total. The Kier molecular flexibility index (Phi) is 18.2. The molecule has 0 radical (unpaired) electrons. The highest BCUT2D eigenvalue weighted by atomic mass is 16.3. The van der Waals surface area contributed by atoms with Crippen molar-refractivity contribution in [1.29, 1.82) is 0 Å².